The number of amides is 1. The van der Waals surface area contributed by atoms with Gasteiger partial charge in [-0.15, -0.1) is 0 Å². The molecule has 21 heavy (non-hydrogen) atoms. The molecule has 2 atom stereocenters. The van der Waals surface area contributed by atoms with Crippen molar-refractivity contribution >= 4 is 17.3 Å². The van der Waals surface area contributed by atoms with Crippen molar-refractivity contribution in [3.05, 3.63) is 23.8 Å². The number of rotatable bonds is 4. The Kier molecular flexibility index (Phi) is 4.29. The van der Waals surface area contributed by atoms with Crippen LogP contribution in [-0.4, -0.2) is 38.3 Å². The second kappa shape index (κ2) is 6.35. The van der Waals surface area contributed by atoms with E-state index >= 15 is 0 Å². The van der Waals surface area contributed by atoms with Crippen LogP contribution in [0.25, 0.3) is 0 Å². The Morgan fingerprint density at radius 2 is 2.24 bits per heavy atom. The second-order valence-electron chi connectivity index (χ2n) is 5.66. The van der Waals surface area contributed by atoms with Gasteiger partial charge in [0.2, 0.25) is 0 Å². The monoisotopic (exact) mass is 289 g/mol. The second-order valence-corrected chi connectivity index (χ2v) is 5.66. The summed E-state index contributed by atoms with van der Waals surface area (Å²) in [5.74, 6) is 0.425. The Balaban J connectivity index is 1.66. The minimum atomic E-state index is -0.00944. The summed E-state index contributed by atoms with van der Waals surface area (Å²) in [6, 6.07) is 5.79. The molecule has 1 amide bonds. The van der Waals surface area contributed by atoms with Gasteiger partial charge in [-0.3, -0.25) is 4.79 Å². The molecule has 2 unspecified atom stereocenters. The van der Waals surface area contributed by atoms with E-state index in [0.29, 0.717) is 18.0 Å². The number of benzene rings is 1. The molecule has 1 aromatic carbocycles. The highest BCUT2D eigenvalue weighted by Gasteiger charge is 2.27. The molecule has 3 N–H and O–H groups in total. The zero-order valence-electron chi connectivity index (χ0n) is 12.4. The van der Waals surface area contributed by atoms with Crippen molar-refractivity contribution in [2.45, 2.75) is 25.9 Å². The lowest BCUT2D eigenvalue weighted by atomic mass is 9.99. The lowest BCUT2D eigenvalue weighted by molar-refractivity contribution is 0.0827. The number of ether oxygens (including phenoxy) is 1. The third kappa shape index (κ3) is 2.97. The van der Waals surface area contributed by atoms with Crippen molar-refractivity contribution in [2.75, 3.05) is 36.9 Å². The van der Waals surface area contributed by atoms with E-state index in [-0.39, 0.29) is 12.0 Å². The Morgan fingerprint density at radius 1 is 1.38 bits per heavy atom. The summed E-state index contributed by atoms with van der Waals surface area (Å²) in [7, 11) is 0. The molecule has 1 fully saturated rings. The highest BCUT2D eigenvalue weighted by molar-refractivity contribution is 6.02. The molecule has 1 aromatic rings. The van der Waals surface area contributed by atoms with Crippen molar-refractivity contribution in [3.63, 3.8) is 0 Å². The smallest absolute Gasteiger partial charge is 0.253 e. The SMILES string of the molecule is CCC1OCCC1CNC(=O)c1cccc2c1NCCN2. The molecule has 2 aliphatic heterocycles. The Morgan fingerprint density at radius 3 is 3.10 bits per heavy atom. The first-order valence-electron chi connectivity index (χ1n) is 7.80. The molecule has 3 rings (SSSR count). The molecular weight excluding hydrogens is 266 g/mol. The Bertz CT molecular complexity index is 518. The normalized spacial score (nSPS) is 23.9. The van der Waals surface area contributed by atoms with Crippen LogP contribution in [0.5, 0.6) is 0 Å². The van der Waals surface area contributed by atoms with Crippen LogP contribution < -0.4 is 16.0 Å². The van der Waals surface area contributed by atoms with Crippen LogP contribution in [0.15, 0.2) is 18.2 Å². The van der Waals surface area contributed by atoms with E-state index in [4.69, 9.17) is 4.74 Å². The topological polar surface area (TPSA) is 62.4 Å². The fourth-order valence-electron chi connectivity index (χ4n) is 3.16. The van der Waals surface area contributed by atoms with Gasteiger partial charge in [0.05, 0.1) is 23.0 Å². The molecular formula is C16H23N3O2. The molecule has 1 saturated heterocycles. The number of nitrogens with one attached hydrogen (secondary N) is 3. The average Bonchev–Trinajstić information content (AvgIpc) is 2.99. The molecule has 114 valence electrons. The molecule has 0 aromatic heterocycles. The number of hydrogen-bond donors (Lipinski definition) is 3. The van der Waals surface area contributed by atoms with E-state index in [1.165, 1.54) is 0 Å². The standard InChI is InChI=1S/C16H23N3O2/c1-2-14-11(6-9-21-14)10-19-16(20)12-4-3-5-13-15(12)18-8-7-17-13/h3-5,11,14,17-18H,2,6-10H2,1H3,(H,19,20). The Hall–Kier alpha value is -1.75. The average molecular weight is 289 g/mol. The molecule has 0 spiro atoms. The third-order valence-corrected chi connectivity index (χ3v) is 4.32. The predicted molar refractivity (Wildman–Crippen MR) is 83.9 cm³/mol. The van der Waals surface area contributed by atoms with Crippen molar-refractivity contribution in [2.24, 2.45) is 5.92 Å². The summed E-state index contributed by atoms with van der Waals surface area (Å²) < 4.78 is 5.67. The van der Waals surface area contributed by atoms with Gasteiger partial charge >= 0.3 is 0 Å². The molecule has 5 nitrogen and oxygen atoms in total. The van der Waals surface area contributed by atoms with E-state index in [9.17, 15) is 4.79 Å². The zero-order valence-corrected chi connectivity index (χ0v) is 12.4. The molecule has 2 aliphatic rings. The number of fused-ring (bicyclic) bond motifs is 1. The van der Waals surface area contributed by atoms with E-state index in [1.54, 1.807) is 0 Å². The van der Waals surface area contributed by atoms with E-state index < -0.39 is 0 Å². The van der Waals surface area contributed by atoms with Gasteiger partial charge in [0, 0.05) is 32.2 Å². The van der Waals surface area contributed by atoms with Crippen molar-refractivity contribution in [1.82, 2.24) is 5.32 Å². The van der Waals surface area contributed by atoms with Crippen LogP contribution in [0.4, 0.5) is 11.4 Å². The third-order valence-electron chi connectivity index (χ3n) is 4.32. The van der Waals surface area contributed by atoms with Gasteiger partial charge in [0.15, 0.2) is 0 Å². The van der Waals surface area contributed by atoms with Gasteiger partial charge in [0.25, 0.3) is 5.91 Å². The highest BCUT2D eigenvalue weighted by atomic mass is 16.5. The van der Waals surface area contributed by atoms with Crippen molar-refractivity contribution in [3.8, 4) is 0 Å². The van der Waals surface area contributed by atoms with Gasteiger partial charge in [-0.2, -0.15) is 0 Å². The van der Waals surface area contributed by atoms with Gasteiger partial charge in [0.1, 0.15) is 0 Å². The van der Waals surface area contributed by atoms with Gasteiger partial charge < -0.3 is 20.7 Å². The van der Waals surface area contributed by atoms with Crippen molar-refractivity contribution < 1.29 is 9.53 Å². The van der Waals surface area contributed by atoms with E-state index in [1.807, 2.05) is 18.2 Å². The number of carbonyl (C=O) groups is 1. The van der Waals surface area contributed by atoms with Gasteiger partial charge in [-0.1, -0.05) is 13.0 Å². The summed E-state index contributed by atoms with van der Waals surface area (Å²) in [5, 5.41) is 9.69. The number of carbonyl (C=O) groups excluding carboxylic acids is 1. The van der Waals surface area contributed by atoms with Crippen LogP contribution in [0.3, 0.4) is 0 Å². The van der Waals surface area contributed by atoms with Crippen LogP contribution in [0, 0.1) is 5.92 Å². The maximum Gasteiger partial charge on any atom is 0.253 e. The first-order chi connectivity index (χ1) is 10.3. The van der Waals surface area contributed by atoms with Crippen molar-refractivity contribution in [1.29, 1.82) is 0 Å². The predicted octanol–water partition coefficient (Wildman–Crippen LogP) is 2.07. The number of para-hydroxylation sites is 1. The molecule has 0 radical (unpaired) electrons. The summed E-state index contributed by atoms with van der Waals surface area (Å²) in [6.45, 7) is 5.36. The lowest BCUT2D eigenvalue weighted by Gasteiger charge is -2.23. The van der Waals surface area contributed by atoms with E-state index in [2.05, 4.69) is 22.9 Å². The van der Waals surface area contributed by atoms with Gasteiger partial charge in [-0.25, -0.2) is 0 Å². The number of hydrogen-bond acceptors (Lipinski definition) is 4. The fraction of sp³-hybridized carbons (Fsp3) is 0.562. The molecule has 2 heterocycles. The minimum absolute atomic E-state index is 0.00944. The van der Waals surface area contributed by atoms with E-state index in [0.717, 1.165) is 43.9 Å². The molecule has 0 aliphatic carbocycles. The largest absolute Gasteiger partial charge is 0.382 e. The summed E-state index contributed by atoms with van der Waals surface area (Å²) in [4.78, 5) is 12.4. The zero-order chi connectivity index (χ0) is 14.7. The van der Waals surface area contributed by atoms with Crippen LogP contribution in [0.2, 0.25) is 0 Å². The quantitative estimate of drug-likeness (QED) is 0.794. The van der Waals surface area contributed by atoms with Crippen LogP contribution in [-0.2, 0) is 4.74 Å². The van der Waals surface area contributed by atoms with Crippen LogP contribution >= 0.6 is 0 Å². The highest BCUT2D eigenvalue weighted by Crippen LogP contribution is 2.28. The first kappa shape index (κ1) is 14.2. The summed E-state index contributed by atoms with van der Waals surface area (Å²) >= 11 is 0. The van der Waals surface area contributed by atoms with Crippen LogP contribution in [0.1, 0.15) is 30.1 Å². The number of anilines is 2. The maximum atomic E-state index is 12.4. The first-order valence-corrected chi connectivity index (χ1v) is 7.80. The summed E-state index contributed by atoms with van der Waals surface area (Å²) in [6.07, 6.45) is 2.33. The minimum Gasteiger partial charge on any atom is -0.382 e. The molecule has 5 heteroatoms. The Labute approximate surface area is 125 Å². The lowest BCUT2D eigenvalue weighted by Crippen LogP contribution is -2.33. The molecule has 0 bridgehead atoms. The fourth-order valence-corrected chi connectivity index (χ4v) is 3.16. The van der Waals surface area contributed by atoms with Gasteiger partial charge in [-0.05, 0) is 25.0 Å². The summed E-state index contributed by atoms with van der Waals surface area (Å²) in [5.41, 5.74) is 2.63. The molecule has 0 saturated carbocycles. The maximum absolute atomic E-state index is 12.4.